The Balaban J connectivity index is 1.59. The number of ether oxygens (including phenoxy) is 3. The summed E-state index contributed by atoms with van der Waals surface area (Å²) in [7, 11) is 3.29. The summed E-state index contributed by atoms with van der Waals surface area (Å²) >= 11 is 0. The highest BCUT2D eigenvalue weighted by Gasteiger charge is 2.08. The number of hydrogen-bond acceptors (Lipinski definition) is 5. The van der Waals surface area contributed by atoms with E-state index in [1.807, 2.05) is 36.4 Å². The quantitative estimate of drug-likeness (QED) is 0.577. The molecule has 0 amide bonds. The lowest BCUT2D eigenvalue weighted by molar-refractivity contribution is 0.297. The zero-order valence-corrected chi connectivity index (χ0v) is 17.5. The molecular weight excluding hydrogens is 364 g/mol. The number of nitrogens with zero attached hydrogens (tertiary/aromatic N) is 1. The number of aromatic nitrogens is 1. The molecule has 1 N–H and O–H groups in total. The highest BCUT2D eigenvalue weighted by Crippen LogP contribution is 2.28. The molecule has 0 saturated heterocycles. The van der Waals surface area contributed by atoms with Gasteiger partial charge in [0.05, 0.1) is 19.9 Å². The molecule has 0 unspecified atom stereocenters. The number of benzene rings is 2. The Morgan fingerprint density at radius 1 is 0.828 bits per heavy atom. The van der Waals surface area contributed by atoms with Gasteiger partial charge in [-0.15, -0.1) is 0 Å². The summed E-state index contributed by atoms with van der Waals surface area (Å²) in [5.41, 5.74) is 5.55. The van der Waals surface area contributed by atoms with Crippen LogP contribution in [0.5, 0.6) is 17.2 Å². The van der Waals surface area contributed by atoms with Crippen molar-refractivity contribution in [1.29, 1.82) is 0 Å². The van der Waals surface area contributed by atoms with Crippen LogP contribution in [-0.2, 0) is 19.7 Å². The fraction of sp³-hybridized carbons (Fsp3) is 0.292. The second kappa shape index (κ2) is 9.94. The average Bonchev–Trinajstić information content (AvgIpc) is 2.73. The summed E-state index contributed by atoms with van der Waals surface area (Å²) in [6.45, 7) is 6.16. The van der Waals surface area contributed by atoms with Crippen LogP contribution in [0, 0.1) is 13.8 Å². The van der Waals surface area contributed by atoms with E-state index in [4.69, 9.17) is 14.2 Å². The number of methoxy groups -OCH3 is 2. The first kappa shape index (κ1) is 20.7. The van der Waals surface area contributed by atoms with Crippen LogP contribution in [0.15, 0.2) is 54.7 Å². The zero-order chi connectivity index (χ0) is 20.6. The number of hydrogen-bond donors (Lipinski definition) is 1. The highest BCUT2D eigenvalue weighted by molar-refractivity contribution is 5.44. The Kier molecular flexibility index (Phi) is 7.09. The second-order valence-corrected chi connectivity index (χ2v) is 6.96. The van der Waals surface area contributed by atoms with E-state index in [-0.39, 0.29) is 0 Å². The topological polar surface area (TPSA) is 52.6 Å². The smallest absolute Gasteiger partial charge is 0.161 e. The van der Waals surface area contributed by atoms with Crippen molar-refractivity contribution in [2.24, 2.45) is 0 Å². The highest BCUT2D eigenvalue weighted by atomic mass is 16.5. The van der Waals surface area contributed by atoms with Gasteiger partial charge in [0, 0.05) is 19.3 Å². The van der Waals surface area contributed by atoms with Crippen LogP contribution in [0.1, 0.15) is 27.9 Å². The molecule has 0 aliphatic rings. The van der Waals surface area contributed by atoms with Gasteiger partial charge in [-0.3, -0.25) is 4.98 Å². The first-order chi connectivity index (χ1) is 14.1. The molecule has 1 heterocycles. The van der Waals surface area contributed by atoms with Crippen LogP contribution in [0.4, 0.5) is 0 Å². The van der Waals surface area contributed by atoms with E-state index in [1.165, 1.54) is 5.56 Å². The summed E-state index contributed by atoms with van der Waals surface area (Å²) in [6.07, 6.45) is 1.78. The minimum absolute atomic E-state index is 0.472. The molecule has 0 radical (unpaired) electrons. The molecule has 2 aromatic carbocycles. The van der Waals surface area contributed by atoms with E-state index in [2.05, 4.69) is 36.3 Å². The van der Waals surface area contributed by atoms with E-state index in [9.17, 15) is 0 Å². The lowest BCUT2D eigenvalue weighted by Crippen LogP contribution is -2.13. The van der Waals surface area contributed by atoms with Gasteiger partial charge < -0.3 is 19.5 Å². The normalized spacial score (nSPS) is 10.6. The molecule has 0 bridgehead atoms. The molecule has 3 aromatic rings. The van der Waals surface area contributed by atoms with E-state index >= 15 is 0 Å². The van der Waals surface area contributed by atoms with Gasteiger partial charge in [0.25, 0.3) is 0 Å². The van der Waals surface area contributed by atoms with Crippen LogP contribution in [0.3, 0.4) is 0 Å². The van der Waals surface area contributed by atoms with Crippen molar-refractivity contribution in [3.05, 3.63) is 82.7 Å². The van der Waals surface area contributed by atoms with Crippen LogP contribution < -0.4 is 19.5 Å². The fourth-order valence-electron chi connectivity index (χ4n) is 3.34. The average molecular weight is 392 g/mol. The predicted molar refractivity (Wildman–Crippen MR) is 115 cm³/mol. The third kappa shape index (κ3) is 5.48. The largest absolute Gasteiger partial charge is 0.493 e. The fourth-order valence-corrected chi connectivity index (χ4v) is 3.34. The molecule has 0 spiro atoms. The Morgan fingerprint density at radius 2 is 1.55 bits per heavy atom. The predicted octanol–water partition coefficient (Wildman–Crippen LogP) is 4.58. The lowest BCUT2D eigenvalue weighted by Gasteiger charge is -2.15. The molecule has 0 fully saturated rings. The van der Waals surface area contributed by atoms with Gasteiger partial charge in [-0.05, 0) is 60.4 Å². The van der Waals surface area contributed by atoms with E-state index < -0.39 is 0 Å². The minimum atomic E-state index is 0.472. The maximum absolute atomic E-state index is 6.02. The van der Waals surface area contributed by atoms with E-state index in [0.29, 0.717) is 6.61 Å². The summed E-state index contributed by atoms with van der Waals surface area (Å²) in [5, 5.41) is 3.49. The second-order valence-electron chi connectivity index (χ2n) is 6.96. The molecule has 0 saturated carbocycles. The van der Waals surface area contributed by atoms with Crippen molar-refractivity contribution in [2.75, 3.05) is 14.2 Å². The number of rotatable bonds is 9. The van der Waals surface area contributed by atoms with E-state index in [0.717, 1.165) is 52.7 Å². The van der Waals surface area contributed by atoms with Gasteiger partial charge in [-0.25, -0.2) is 0 Å². The Hall–Kier alpha value is -3.05. The molecule has 152 valence electrons. The maximum Gasteiger partial charge on any atom is 0.161 e. The van der Waals surface area contributed by atoms with Crippen molar-refractivity contribution in [3.63, 3.8) is 0 Å². The summed E-state index contributed by atoms with van der Waals surface area (Å²) in [4.78, 5) is 4.31. The molecule has 0 aliphatic heterocycles. The van der Waals surface area contributed by atoms with Crippen molar-refractivity contribution in [1.82, 2.24) is 10.3 Å². The van der Waals surface area contributed by atoms with Crippen LogP contribution >= 0.6 is 0 Å². The first-order valence-electron chi connectivity index (χ1n) is 9.65. The zero-order valence-electron chi connectivity index (χ0n) is 17.5. The standard InChI is InChI=1S/C24H28N2O3/c1-17-11-20(12-18(2)24(17)29-16-21-7-5-6-10-26-21)15-25-14-19-8-9-22(27-3)23(13-19)28-4/h5-13,25H,14-16H2,1-4H3. The lowest BCUT2D eigenvalue weighted by atomic mass is 10.1. The number of nitrogens with one attached hydrogen (secondary N) is 1. The van der Waals surface area contributed by atoms with Gasteiger partial charge in [-0.1, -0.05) is 24.3 Å². The maximum atomic E-state index is 6.02. The number of aryl methyl sites for hydroxylation is 2. The molecule has 1 aromatic heterocycles. The molecule has 0 aliphatic carbocycles. The minimum Gasteiger partial charge on any atom is -0.493 e. The van der Waals surface area contributed by atoms with Gasteiger partial charge in [-0.2, -0.15) is 0 Å². The van der Waals surface area contributed by atoms with Crippen molar-refractivity contribution >= 4 is 0 Å². The Bertz CT molecular complexity index is 919. The van der Waals surface area contributed by atoms with Crippen LogP contribution in [0.2, 0.25) is 0 Å². The third-order valence-corrected chi connectivity index (χ3v) is 4.72. The SMILES string of the molecule is COc1ccc(CNCc2cc(C)c(OCc3ccccn3)c(C)c2)cc1OC. The molecule has 5 heteroatoms. The van der Waals surface area contributed by atoms with Crippen molar-refractivity contribution < 1.29 is 14.2 Å². The summed E-state index contributed by atoms with van der Waals surface area (Å²) in [6, 6.07) is 16.2. The molecule has 3 rings (SSSR count). The van der Waals surface area contributed by atoms with E-state index in [1.54, 1.807) is 20.4 Å². The van der Waals surface area contributed by atoms with Gasteiger partial charge >= 0.3 is 0 Å². The van der Waals surface area contributed by atoms with Crippen LogP contribution in [0.25, 0.3) is 0 Å². The third-order valence-electron chi connectivity index (χ3n) is 4.72. The molecular formula is C24H28N2O3. The van der Waals surface area contributed by atoms with Gasteiger partial charge in [0.2, 0.25) is 0 Å². The van der Waals surface area contributed by atoms with Crippen molar-refractivity contribution in [3.8, 4) is 17.2 Å². The van der Waals surface area contributed by atoms with Crippen molar-refractivity contribution in [2.45, 2.75) is 33.5 Å². The Morgan fingerprint density at radius 3 is 2.21 bits per heavy atom. The molecule has 29 heavy (non-hydrogen) atoms. The van der Waals surface area contributed by atoms with Gasteiger partial charge in [0.15, 0.2) is 11.5 Å². The molecule has 5 nitrogen and oxygen atoms in total. The van der Waals surface area contributed by atoms with Gasteiger partial charge in [0.1, 0.15) is 12.4 Å². The first-order valence-corrected chi connectivity index (χ1v) is 9.65. The summed E-state index contributed by atoms with van der Waals surface area (Å²) in [5.74, 6) is 2.41. The monoisotopic (exact) mass is 392 g/mol. The molecule has 0 atom stereocenters. The Labute approximate surface area is 172 Å². The summed E-state index contributed by atoms with van der Waals surface area (Å²) < 4.78 is 16.7. The number of pyridine rings is 1. The van der Waals surface area contributed by atoms with Crippen LogP contribution in [-0.4, -0.2) is 19.2 Å².